The van der Waals surface area contributed by atoms with Gasteiger partial charge >= 0.3 is 6.18 Å². The van der Waals surface area contributed by atoms with E-state index in [2.05, 4.69) is 9.82 Å². The summed E-state index contributed by atoms with van der Waals surface area (Å²) in [5.41, 5.74) is -0.0285. The molecule has 29 heavy (non-hydrogen) atoms. The van der Waals surface area contributed by atoms with Gasteiger partial charge in [0.15, 0.2) is 5.69 Å². The largest absolute Gasteiger partial charge is 0.435 e. The third-order valence-corrected chi connectivity index (χ3v) is 6.63. The normalized spacial score (nSPS) is 14.9. The fourth-order valence-corrected chi connectivity index (χ4v) is 4.84. The molecule has 0 unspecified atom stereocenters. The first-order chi connectivity index (χ1) is 13.8. The van der Waals surface area contributed by atoms with Crippen molar-refractivity contribution < 1.29 is 21.6 Å². The summed E-state index contributed by atoms with van der Waals surface area (Å²) in [5.74, 6) is 0. The lowest BCUT2D eigenvalue weighted by Crippen LogP contribution is -2.28. The molecule has 0 saturated heterocycles. The molecule has 0 atom stereocenters. The second-order valence-corrected chi connectivity index (χ2v) is 8.88. The zero-order valence-electron chi connectivity index (χ0n) is 15.5. The minimum Gasteiger partial charge on any atom is -0.267 e. The molecule has 1 N–H and O–H groups in total. The van der Waals surface area contributed by atoms with Gasteiger partial charge in [-0.1, -0.05) is 30.3 Å². The Bertz CT molecular complexity index is 1150. The molecule has 1 aliphatic rings. The second-order valence-electron chi connectivity index (χ2n) is 7.11. The SMILES string of the molecule is O=S(=O)(NCCn1nc(C(F)(F)F)c2c1CCCC2)c1ccc2ccccc2c1. The highest BCUT2D eigenvalue weighted by Crippen LogP contribution is 2.35. The molecule has 0 aliphatic heterocycles. The van der Waals surface area contributed by atoms with E-state index >= 15 is 0 Å². The fraction of sp³-hybridized carbons (Fsp3) is 0.350. The van der Waals surface area contributed by atoms with Gasteiger partial charge in [0, 0.05) is 17.8 Å². The molecule has 154 valence electrons. The highest BCUT2D eigenvalue weighted by atomic mass is 32.2. The molecule has 1 aliphatic carbocycles. The molecule has 2 aromatic carbocycles. The highest BCUT2D eigenvalue weighted by Gasteiger charge is 2.39. The van der Waals surface area contributed by atoms with Crippen LogP contribution in [0, 0.1) is 0 Å². The summed E-state index contributed by atoms with van der Waals surface area (Å²) in [4.78, 5) is 0.120. The van der Waals surface area contributed by atoms with Crippen molar-refractivity contribution in [3.8, 4) is 0 Å². The number of rotatable bonds is 5. The molecule has 5 nitrogen and oxygen atoms in total. The van der Waals surface area contributed by atoms with Crippen LogP contribution < -0.4 is 4.72 Å². The van der Waals surface area contributed by atoms with Crippen LogP contribution in [-0.4, -0.2) is 24.7 Å². The summed E-state index contributed by atoms with van der Waals surface area (Å²) in [6.45, 7) is 0.00576. The first kappa shape index (κ1) is 19.9. The Labute approximate surface area is 166 Å². The summed E-state index contributed by atoms with van der Waals surface area (Å²) in [6, 6.07) is 12.2. The van der Waals surface area contributed by atoms with Crippen molar-refractivity contribution in [1.29, 1.82) is 0 Å². The van der Waals surface area contributed by atoms with Crippen LogP contribution in [0.2, 0.25) is 0 Å². The van der Waals surface area contributed by atoms with Gasteiger partial charge in [-0.3, -0.25) is 4.68 Å². The average molecular weight is 423 g/mol. The molecular formula is C20H20F3N3O2S. The number of nitrogens with zero attached hydrogens (tertiary/aromatic N) is 2. The zero-order chi connectivity index (χ0) is 20.6. The predicted octanol–water partition coefficient (Wildman–Crippen LogP) is 3.91. The van der Waals surface area contributed by atoms with Crippen LogP contribution in [0.3, 0.4) is 0 Å². The maximum absolute atomic E-state index is 13.3. The summed E-state index contributed by atoms with van der Waals surface area (Å²) in [6.07, 6.45) is -2.12. The Hall–Kier alpha value is -2.39. The van der Waals surface area contributed by atoms with Crippen molar-refractivity contribution in [3.63, 3.8) is 0 Å². The highest BCUT2D eigenvalue weighted by molar-refractivity contribution is 7.89. The number of fused-ring (bicyclic) bond motifs is 2. The zero-order valence-corrected chi connectivity index (χ0v) is 16.4. The molecule has 3 aromatic rings. The molecule has 0 fully saturated rings. The average Bonchev–Trinajstić information content (AvgIpc) is 3.07. The summed E-state index contributed by atoms with van der Waals surface area (Å²) in [7, 11) is -3.78. The van der Waals surface area contributed by atoms with Crippen molar-refractivity contribution in [2.75, 3.05) is 6.54 Å². The number of sulfonamides is 1. The molecule has 1 heterocycles. The lowest BCUT2D eigenvalue weighted by Gasteiger charge is -2.15. The second kappa shape index (κ2) is 7.46. The number of halogens is 3. The molecule has 1 aromatic heterocycles. The van der Waals surface area contributed by atoms with Gasteiger partial charge in [0.25, 0.3) is 0 Å². The fourth-order valence-electron chi connectivity index (χ4n) is 3.79. The van der Waals surface area contributed by atoms with E-state index < -0.39 is 21.9 Å². The molecule has 0 radical (unpaired) electrons. The van der Waals surface area contributed by atoms with E-state index in [1.165, 1.54) is 10.7 Å². The van der Waals surface area contributed by atoms with Crippen LogP contribution >= 0.6 is 0 Å². The lowest BCUT2D eigenvalue weighted by molar-refractivity contribution is -0.142. The third kappa shape index (κ3) is 4.02. The molecule has 0 amide bonds. The van der Waals surface area contributed by atoms with Gasteiger partial charge in [-0.25, -0.2) is 13.1 Å². The molecule has 0 spiro atoms. The van der Waals surface area contributed by atoms with Crippen molar-refractivity contribution in [2.24, 2.45) is 0 Å². The monoisotopic (exact) mass is 423 g/mol. The summed E-state index contributed by atoms with van der Waals surface area (Å²) in [5, 5.41) is 5.48. The molecule has 0 saturated carbocycles. The van der Waals surface area contributed by atoms with Crippen LogP contribution in [0.4, 0.5) is 13.2 Å². The van der Waals surface area contributed by atoms with Gasteiger partial charge < -0.3 is 0 Å². The number of hydrogen-bond donors (Lipinski definition) is 1. The Morgan fingerprint density at radius 1 is 1.03 bits per heavy atom. The Kier molecular flexibility index (Phi) is 5.12. The number of nitrogens with one attached hydrogen (secondary N) is 1. The van der Waals surface area contributed by atoms with Crippen LogP contribution in [0.15, 0.2) is 47.4 Å². The Morgan fingerprint density at radius 2 is 1.76 bits per heavy atom. The van der Waals surface area contributed by atoms with Gasteiger partial charge in [0.1, 0.15) is 0 Å². The van der Waals surface area contributed by atoms with Crippen LogP contribution in [-0.2, 0) is 35.6 Å². The topological polar surface area (TPSA) is 64.0 Å². The first-order valence-electron chi connectivity index (χ1n) is 9.40. The van der Waals surface area contributed by atoms with Crippen molar-refractivity contribution >= 4 is 20.8 Å². The molecular weight excluding hydrogens is 403 g/mol. The van der Waals surface area contributed by atoms with E-state index in [9.17, 15) is 21.6 Å². The van der Waals surface area contributed by atoms with E-state index in [1.807, 2.05) is 24.3 Å². The summed E-state index contributed by atoms with van der Waals surface area (Å²) < 4.78 is 68.8. The minimum absolute atomic E-state index is 0.0411. The van der Waals surface area contributed by atoms with Crippen LogP contribution in [0.5, 0.6) is 0 Å². The van der Waals surface area contributed by atoms with Crippen molar-refractivity contribution in [3.05, 3.63) is 59.4 Å². The number of hydrogen-bond acceptors (Lipinski definition) is 3. The van der Waals surface area contributed by atoms with E-state index in [0.29, 0.717) is 25.0 Å². The Balaban J connectivity index is 1.51. The van der Waals surface area contributed by atoms with Crippen molar-refractivity contribution in [2.45, 2.75) is 43.3 Å². The Morgan fingerprint density at radius 3 is 2.52 bits per heavy atom. The number of aromatic nitrogens is 2. The number of benzene rings is 2. The lowest BCUT2D eigenvalue weighted by atomic mass is 9.95. The van der Waals surface area contributed by atoms with E-state index in [0.717, 1.165) is 17.2 Å². The standard InChI is InChI=1S/C20H20F3N3O2S/c21-20(22,23)19-17-7-3-4-8-18(17)26(25-19)12-11-24-29(27,28)16-10-9-14-5-1-2-6-15(14)13-16/h1-2,5-6,9-10,13,24H,3-4,7-8,11-12H2. The minimum atomic E-state index is -4.50. The summed E-state index contributed by atoms with van der Waals surface area (Å²) >= 11 is 0. The van der Waals surface area contributed by atoms with Gasteiger partial charge in [-0.15, -0.1) is 0 Å². The predicted molar refractivity (Wildman–Crippen MR) is 103 cm³/mol. The maximum Gasteiger partial charge on any atom is 0.435 e. The van der Waals surface area contributed by atoms with Gasteiger partial charge in [-0.05, 0) is 48.6 Å². The van der Waals surface area contributed by atoms with Crippen LogP contribution in [0.25, 0.3) is 10.8 Å². The van der Waals surface area contributed by atoms with Crippen LogP contribution in [0.1, 0.15) is 29.8 Å². The third-order valence-electron chi connectivity index (χ3n) is 5.17. The van der Waals surface area contributed by atoms with Gasteiger partial charge in [0.2, 0.25) is 10.0 Å². The van der Waals surface area contributed by atoms with Crippen molar-refractivity contribution in [1.82, 2.24) is 14.5 Å². The quantitative estimate of drug-likeness (QED) is 0.677. The number of alkyl halides is 3. The molecule has 0 bridgehead atoms. The maximum atomic E-state index is 13.3. The molecule has 4 rings (SSSR count). The van der Waals surface area contributed by atoms with E-state index in [1.54, 1.807) is 12.1 Å². The molecule has 9 heteroatoms. The smallest absolute Gasteiger partial charge is 0.267 e. The van der Waals surface area contributed by atoms with Gasteiger partial charge in [0.05, 0.1) is 11.4 Å². The van der Waals surface area contributed by atoms with E-state index in [4.69, 9.17) is 0 Å². The van der Waals surface area contributed by atoms with Gasteiger partial charge in [-0.2, -0.15) is 18.3 Å². The first-order valence-corrected chi connectivity index (χ1v) is 10.9. The van der Waals surface area contributed by atoms with E-state index in [-0.39, 0.29) is 23.5 Å².